The van der Waals surface area contributed by atoms with Crippen molar-refractivity contribution in [1.29, 1.82) is 0 Å². The molecule has 0 aromatic heterocycles. The van der Waals surface area contributed by atoms with Crippen LogP contribution in [0.25, 0.3) is 0 Å². The van der Waals surface area contributed by atoms with E-state index in [4.69, 9.17) is 18.5 Å². The lowest BCUT2D eigenvalue weighted by atomic mass is 10.1. The fourth-order valence-corrected chi connectivity index (χ4v) is 7.03. The summed E-state index contributed by atoms with van der Waals surface area (Å²) in [6, 6.07) is 0. The van der Waals surface area contributed by atoms with E-state index < -0.39 is 26.5 Å². The summed E-state index contributed by atoms with van der Waals surface area (Å²) >= 11 is 0. The maximum atomic E-state index is 12.7. The number of hydrogen-bond acceptors (Lipinski definition) is 7. The van der Waals surface area contributed by atoms with Crippen molar-refractivity contribution in [1.82, 2.24) is 0 Å². The monoisotopic (exact) mass is 815 g/mol. The van der Waals surface area contributed by atoms with E-state index in [9.17, 15) is 19.0 Å². The van der Waals surface area contributed by atoms with Gasteiger partial charge in [0.1, 0.15) is 19.8 Å². The van der Waals surface area contributed by atoms with Gasteiger partial charge >= 0.3 is 19.8 Å². The molecule has 10 heteroatoms. The maximum absolute atomic E-state index is 12.7. The molecule has 0 rings (SSSR count). The van der Waals surface area contributed by atoms with E-state index >= 15 is 0 Å². The molecular formula is C46H89NO8P+. The van der Waals surface area contributed by atoms with Gasteiger partial charge in [0, 0.05) is 12.8 Å². The second-order valence-electron chi connectivity index (χ2n) is 16.8. The summed E-state index contributed by atoms with van der Waals surface area (Å²) in [6.45, 7) is 4.38. The third-order valence-corrected chi connectivity index (χ3v) is 10.9. The van der Waals surface area contributed by atoms with Crippen LogP contribution in [0.2, 0.25) is 0 Å². The van der Waals surface area contributed by atoms with E-state index in [1.54, 1.807) is 0 Å². The first-order valence-electron chi connectivity index (χ1n) is 23.1. The Kier molecular flexibility index (Phi) is 37.9. The summed E-state index contributed by atoms with van der Waals surface area (Å²) < 4.78 is 34.3. The van der Waals surface area contributed by atoms with E-state index in [0.717, 1.165) is 64.2 Å². The molecule has 2 atom stereocenters. The number of rotatable bonds is 42. The van der Waals surface area contributed by atoms with Crippen molar-refractivity contribution >= 4 is 19.8 Å². The number of esters is 2. The molecule has 0 bridgehead atoms. The van der Waals surface area contributed by atoms with Crippen LogP contribution in [-0.2, 0) is 32.7 Å². The van der Waals surface area contributed by atoms with Crippen molar-refractivity contribution < 1.29 is 42.1 Å². The second kappa shape index (κ2) is 39.0. The van der Waals surface area contributed by atoms with E-state index in [1.165, 1.54) is 109 Å². The Balaban J connectivity index is 4.26. The number of nitrogens with zero attached hydrogens (tertiary/aromatic N) is 1. The maximum Gasteiger partial charge on any atom is 0.472 e. The molecule has 0 saturated carbocycles. The topological polar surface area (TPSA) is 108 Å². The van der Waals surface area contributed by atoms with E-state index in [2.05, 4.69) is 38.2 Å². The minimum absolute atomic E-state index is 0.0312. The third-order valence-electron chi connectivity index (χ3n) is 9.95. The zero-order valence-electron chi connectivity index (χ0n) is 37.1. The zero-order valence-corrected chi connectivity index (χ0v) is 38.0. The first-order chi connectivity index (χ1) is 27.0. The van der Waals surface area contributed by atoms with Gasteiger partial charge in [-0.25, -0.2) is 4.57 Å². The highest BCUT2D eigenvalue weighted by Crippen LogP contribution is 2.43. The largest absolute Gasteiger partial charge is 0.472 e. The van der Waals surface area contributed by atoms with Crippen molar-refractivity contribution in [3.63, 3.8) is 0 Å². The van der Waals surface area contributed by atoms with Gasteiger partial charge in [-0.05, 0) is 57.8 Å². The second-order valence-corrected chi connectivity index (χ2v) is 18.2. The number of quaternary nitrogens is 1. The molecule has 330 valence electrons. The van der Waals surface area contributed by atoms with Gasteiger partial charge in [0.05, 0.1) is 27.7 Å². The quantitative estimate of drug-likeness (QED) is 0.0213. The van der Waals surface area contributed by atoms with Gasteiger partial charge in [-0.3, -0.25) is 18.6 Å². The predicted molar refractivity (Wildman–Crippen MR) is 234 cm³/mol. The number of hydrogen-bond donors (Lipinski definition) is 1. The lowest BCUT2D eigenvalue weighted by Crippen LogP contribution is -2.37. The van der Waals surface area contributed by atoms with Crippen LogP contribution >= 0.6 is 7.82 Å². The molecule has 1 N–H and O–H groups in total. The predicted octanol–water partition coefficient (Wildman–Crippen LogP) is 13.1. The van der Waals surface area contributed by atoms with Crippen molar-refractivity contribution in [3.05, 3.63) is 24.3 Å². The summed E-state index contributed by atoms with van der Waals surface area (Å²) in [4.78, 5) is 35.3. The van der Waals surface area contributed by atoms with Crippen LogP contribution in [0.5, 0.6) is 0 Å². The van der Waals surface area contributed by atoms with E-state index in [0.29, 0.717) is 17.4 Å². The van der Waals surface area contributed by atoms with Crippen molar-refractivity contribution in [3.8, 4) is 0 Å². The van der Waals surface area contributed by atoms with Gasteiger partial charge in [0.25, 0.3) is 0 Å². The van der Waals surface area contributed by atoms with Crippen LogP contribution in [-0.4, -0.2) is 74.9 Å². The Morgan fingerprint density at radius 1 is 0.536 bits per heavy atom. The molecule has 0 aliphatic carbocycles. The Morgan fingerprint density at radius 3 is 1.38 bits per heavy atom. The number of unbranched alkanes of at least 4 members (excludes halogenated alkanes) is 24. The fourth-order valence-electron chi connectivity index (χ4n) is 6.28. The molecule has 2 unspecified atom stereocenters. The fraction of sp³-hybridized carbons (Fsp3) is 0.870. The van der Waals surface area contributed by atoms with Crippen LogP contribution in [0.3, 0.4) is 0 Å². The lowest BCUT2D eigenvalue weighted by Gasteiger charge is -2.24. The van der Waals surface area contributed by atoms with E-state index in [1.807, 2.05) is 21.1 Å². The Labute approximate surface area is 345 Å². The molecule has 0 fully saturated rings. The van der Waals surface area contributed by atoms with Crippen LogP contribution in [0.4, 0.5) is 0 Å². The van der Waals surface area contributed by atoms with Crippen molar-refractivity contribution in [2.45, 2.75) is 213 Å². The molecule has 0 spiro atoms. The summed E-state index contributed by atoms with van der Waals surface area (Å²) in [5.74, 6) is -0.807. The smallest absolute Gasteiger partial charge is 0.462 e. The Bertz CT molecular complexity index is 1010. The Hall–Kier alpha value is -1.51. The number of carbonyl (C=O) groups is 2. The van der Waals surface area contributed by atoms with Gasteiger partial charge in [-0.1, -0.05) is 160 Å². The zero-order chi connectivity index (χ0) is 41.4. The van der Waals surface area contributed by atoms with Gasteiger partial charge in [0.2, 0.25) is 0 Å². The highest BCUT2D eigenvalue weighted by atomic mass is 31.2. The van der Waals surface area contributed by atoms with Crippen LogP contribution < -0.4 is 0 Å². The minimum atomic E-state index is -4.37. The van der Waals surface area contributed by atoms with E-state index in [-0.39, 0.29) is 32.0 Å². The number of carbonyl (C=O) groups excluding carboxylic acids is 2. The Morgan fingerprint density at radius 2 is 0.929 bits per heavy atom. The molecule has 9 nitrogen and oxygen atoms in total. The number of phosphoric ester groups is 1. The molecule has 0 aromatic rings. The standard InChI is InChI=1S/C46H88NO8P/c1-6-8-10-12-14-16-18-19-20-21-22-23-24-25-26-27-29-31-33-35-37-39-46(49)55-44(43-54-56(50,51)53-41-40-47(3,4)5)42-52-45(48)38-36-34-32-30-28-17-15-13-11-9-7-2/h13,15,21-22,44H,6-12,14,16-20,23-43H2,1-5H3/p+1/b15-13-,22-21-. The minimum Gasteiger partial charge on any atom is -0.462 e. The molecule has 0 saturated heterocycles. The van der Waals surface area contributed by atoms with Gasteiger partial charge in [0.15, 0.2) is 6.10 Å². The molecule has 0 aromatic carbocycles. The first kappa shape index (κ1) is 54.5. The van der Waals surface area contributed by atoms with Crippen LogP contribution in [0.1, 0.15) is 206 Å². The average Bonchev–Trinajstić information content (AvgIpc) is 3.15. The SMILES string of the molecule is CCCC/C=C\CCCCCCCC(=O)OCC(COP(=O)(O)OCC[N+](C)(C)C)OC(=O)CCCCCCCCCCC/C=C\CCCCCCCCCC. The summed E-state index contributed by atoms with van der Waals surface area (Å²) in [6.07, 6.45) is 42.3. The first-order valence-corrected chi connectivity index (χ1v) is 24.6. The lowest BCUT2D eigenvalue weighted by molar-refractivity contribution is -0.870. The number of ether oxygens (including phenoxy) is 2. The number of phosphoric acid groups is 1. The molecule has 56 heavy (non-hydrogen) atoms. The molecule has 0 aliphatic heterocycles. The van der Waals surface area contributed by atoms with Gasteiger partial charge < -0.3 is 18.9 Å². The van der Waals surface area contributed by atoms with Crippen molar-refractivity contribution in [2.24, 2.45) is 0 Å². The molecular weight excluding hydrogens is 725 g/mol. The average molecular weight is 815 g/mol. The highest BCUT2D eigenvalue weighted by Gasteiger charge is 2.27. The molecule has 0 aliphatic rings. The number of likely N-dealkylation sites (N-methyl/N-ethyl adjacent to an activating group) is 1. The van der Waals surface area contributed by atoms with Crippen molar-refractivity contribution in [2.75, 3.05) is 47.5 Å². The number of allylic oxidation sites excluding steroid dienone is 4. The third kappa shape index (κ3) is 42.1. The van der Waals surface area contributed by atoms with Gasteiger partial charge in [-0.15, -0.1) is 0 Å². The molecule has 0 radical (unpaired) electrons. The summed E-state index contributed by atoms with van der Waals surface area (Å²) in [7, 11) is 1.47. The summed E-state index contributed by atoms with van der Waals surface area (Å²) in [5, 5.41) is 0. The van der Waals surface area contributed by atoms with Crippen LogP contribution in [0.15, 0.2) is 24.3 Å². The van der Waals surface area contributed by atoms with Crippen LogP contribution in [0, 0.1) is 0 Å². The highest BCUT2D eigenvalue weighted by molar-refractivity contribution is 7.47. The summed E-state index contributed by atoms with van der Waals surface area (Å²) in [5.41, 5.74) is 0. The van der Waals surface area contributed by atoms with Gasteiger partial charge in [-0.2, -0.15) is 0 Å². The molecule has 0 amide bonds. The normalized spacial score (nSPS) is 13.8. The molecule has 0 heterocycles.